The third-order valence-corrected chi connectivity index (χ3v) is 4.41. The maximum absolute atomic E-state index is 12.9. The largest absolute Gasteiger partial charge is 0.383 e. The molecule has 0 aliphatic carbocycles. The molecule has 2 N–H and O–H groups in total. The molecule has 2 amide bonds. The molecule has 2 heterocycles. The van der Waals surface area contributed by atoms with E-state index < -0.39 is 0 Å². The molecule has 0 aliphatic heterocycles. The van der Waals surface area contributed by atoms with Gasteiger partial charge in [-0.1, -0.05) is 30.3 Å². The first-order chi connectivity index (χ1) is 14.0. The van der Waals surface area contributed by atoms with Gasteiger partial charge in [-0.3, -0.25) is 9.59 Å². The topological polar surface area (TPSA) is 98.1 Å². The van der Waals surface area contributed by atoms with Crippen molar-refractivity contribution in [2.75, 3.05) is 26.8 Å². The minimum Gasteiger partial charge on any atom is -0.383 e. The summed E-state index contributed by atoms with van der Waals surface area (Å²) < 4.78 is 6.68. The van der Waals surface area contributed by atoms with Crippen molar-refractivity contribution < 1.29 is 14.3 Å². The first kappa shape index (κ1) is 20.5. The molecule has 1 aromatic carbocycles. The lowest BCUT2D eigenvalue weighted by molar-refractivity contribution is -0.120. The standard InChI is InChI=1S/C21H25N5O3/c1-14(2)26-20-17(12-24-26)16(11-18(25-20)15-7-5-4-6-8-15)21(28)23-13-19(27)22-9-10-29-3/h4-8,11-12,14H,9-10,13H2,1-3H3,(H,22,27)(H,23,28). The van der Waals surface area contributed by atoms with Crippen LogP contribution in [0.1, 0.15) is 30.2 Å². The van der Waals surface area contributed by atoms with Crippen molar-refractivity contribution in [1.82, 2.24) is 25.4 Å². The molecule has 0 saturated carbocycles. The van der Waals surface area contributed by atoms with Gasteiger partial charge in [0.25, 0.3) is 5.91 Å². The lowest BCUT2D eigenvalue weighted by Gasteiger charge is -2.11. The Hall–Kier alpha value is -3.26. The number of pyridine rings is 1. The van der Waals surface area contributed by atoms with Crippen LogP contribution in [0.15, 0.2) is 42.6 Å². The number of fused-ring (bicyclic) bond motifs is 1. The van der Waals surface area contributed by atoms with E-state index in [0.717, 1.165) is 5.56 Å². The van der Waals surface area contributed by atoms with Gasteiger partial charge in [-0.15, -0.1) is 0 Å². The molecule has 0 aliphatic rings. The highest BCUT2D eigenvalue weighted by Crippen LogP contribution is 2.26. The van der Waals surface area contributed by atoms with E-state index in [1.807, 2.05) is 44.2 Å². The molecule has 0 bridgehead atoms. The van der Waals surface area contributed by atoms with E-state index in [0.29, 0.717) is 35.4 Å². The van der Waals surface area contributed by atoms with Crippen LogP contribution in [-0.4, -0.2) is 53.4 Å². The van der Waals surface area contributed by atoms with Gasteiger partial charge in [-0.25, -0.2) is 9.67 Å². The Morgan fingerprint density at radius 2 is 1.93 bits per heavy atom. The molecule has 0 atom stereocenters. The lowest BCUT2D eigenvalue weighted by atomic mass is 10.1. The van der Waals surface area contributed by atoms with Crippen LogP contribution >= 0.6 is 0 Å². The Labute approximate surface area is 169 Å². The molecule has 0 radical (unpaired) electrons. The third-order valence-electron chi connectivity index (χ3n) is 4.41. The SMILES string of the molecule is COCCNC(=O)CNC(=O)c1cc(-c2ccccc2)nc2c1cnn2C(C)C. The molecule has 2 aromatic heterocycles. The molecule has 8 heteroatoms. The smallest absolute Gasteiger partial charge is 0.252 e. The number of hydrogen-bond donors (Lipinski definition) is 2. The van der Waals surface area contributed by atoms with Crippen molar-refractivity contribution >= 4 is 22.8 Å². The van der Waals surface area contributed by atoms with Gasteiger partial charge in [0.15, 0.2) is 5.65 Å². The Kier molecular flexibility index (Phi) is 6.56. The summed E-state index contributed by atoms with van der Waals surface area (Å²) in [5.41, 5.74) is 2.65. The summed E-state index contributed by atoms with van der Waals surface area (Å²) in [5.74, 6) is -0.623. The summed E-state index contributed by atoms with van der Waals surface area (Å²) in [5, 5.41) is 10.4. The Morgan fingerprint density at radius 1 is 1.17 bits per heavy atom. The van der Waals surface area contributed by atoms with Crippen LogP contribution in [0.4, 0.5) is 0 Å². The van der Waals surface area contributed by atoms with Gasteiger partial charge in [-0.2, -0.15) is 5.10 Å². The number of nitrogens with zero attached hydrogens (tertiary/aromatic N) is 3. The molecular formula is C21H25N5O3. The molecule has 0 saturated heterocycles. The monoisotopic (exact) mass is 395 g/mol. The highest BCUT2D eigenvalue weighted by molar-refractivity contribution is 6.07. The first-order valence-corrected chi connectivity index (χ1v) is 9.48. The number of hydrogen-bond acceptors (Lipinski definition) is 5. The van der Waals surface area contributed by atoms with Gasteiger partial charge in [-0.05, 0) is 19.9 Å². The molecule has 0 unspecified atom stereocenters. The van der Waals surface area contributed by atoms with Crippen LogP contribution in [0.2, 0.25) is 0 Å². The molecule has 0 spiro atoms. The molecule has 152 valence electrons. The van der Waals surface area contributed by atoms with Crippen molar-refractivity contribution in [3.63, 3.8) is 0 Å². The van der Waals surface area contributed by atoms with Gasteiger partial charge in [0.2, 0.25) is 5.91 Å². The fourth-order valence-corrected chi connectivity index (χ4v) is 2.95. The molecule has 29 heavy (non-hydrogen) atoms. The van der Waals surface area contributed by atoms with E-state index in [1.54, 1.807) is 24.1 Å². The quantitative estimate of drug-likeness (QED) is 0.570. The van der Waals surface area contributed by atoms with Crippen LogP contribution in [-0.2, 0) is 9.53 Å². The minimum absolute atomic E-state index is 0.0912. The minimum atomic E-state index is -0.347. The van der Waals surface area contributed by atoms with Gasteiger partial charge in [0.1, 0.15) is 0 Å². The fourth-order valence-electron chi connectivity index (χ4n) is 2.95. The second-order valence-corrected chi connectivity index (χ2v) is 6.87. The van der Waals surface area contributed by atoms with Crippen molar-refractivity contribution in [3.8, 4) is 11.3 Å². The van der Waals surface area contributed by atoms with E-state index >= 15 is 0 Å². The summed E-state index contributed by atoms with van der Waals surface area (Å²) >= 11 is 0. The third kappa shape index (κ3) is 4.78. The fraction of sp³-hybridized carbons (Fsp3) is 0.333. The zero-order chi connectivity index (χ0) is 20.8. The second kappa shape index (κ2) is 9.29. The normalized spacial score (nSPS) is 11.0. The lowest BCUT2D eigenvalue weighted by Crippen LogP contribution is -2.38. The van der Waals surface area contributed by atoms with Crippen molar-refractivity contribution in [3.05, 3.63) is 48.2 Å². The predicted octanol–water partition coefficient (Wildman–Crippen LogP) is 2.17. The Bertz CT molecular complexity index is 998. The summed E-state index contributed by atoms with van der Waals surface area (Å²) in [7, 11) is 1.56. The molecule has 3 aromatic rings. The number of ether oxygens (including phenoxy) is 1. The maximum Gasteiger partial charge on any atom is 0.252 e. The van der Waals surface area contributed by atoms with Crippen LogP contribution in [0, 0.1) is 0 Å². The van der Waals surface area contributed by atoms with E-state index in [4.69, 9.17) is 9.72 Å². The van der Waals surface area contributed by atoms with Crippen molar-refractivity contribution in [2.24, 2.45) is 0 Å². The number of nitrogens with one attached hydrogen (secondary N) is 2. The average Bonchev–Trinajstić information content (AvgIpc) is 3.16. The van der Waals surface area contributed by atoms with Crippen LogP contribution in [0.3, 0.4) is 0 Å². The van der Waals surface area contributed by atoms with Gasteiger partial charge in [0, 0.05) is 25.3 Å². The zero-order valence-electron chi connectivity index (χ0n) is 16.8. The van der Waals surface area contributed by atoms with Gasteiger partial charge >= 0.3 is 0 Å². The van der Waals surface area contributed by atoms with Crippen LogP contribution < -0.4 is 10.6 Å². The Balaban J connectivity index is 1.91. The number of aromatic nitrogens is 3. The number of carbonyl (C=O) groups excluding carboxylic acids is 2. The van der Waals surface area contributed by atoms with Crippen LogP contribution in [0.5, 0.6) is 0 Å². The highest BCUT2D eigenvalue weighted by atomic mass is 16.5. The number of carbonyl (C=O) groups is 2. The van der Waals surface area contributed by atoms with Crippen LogP contribution in [0.25, 0.3) is 22.3 Å². The predicted molar refractivity (Wildman–Crippen MR) is 111 cm³/mol. The van der Waals surface area contributed by atoms with E-state index in [1.165, 1.54) is 0 Å². The number of methoxy groups -OCH3 is 1. The summed E-state index contributed by atoms with van der Waals surface area (Å²) in [6.45, 7) is 4.70. The number of benzene rings is 1. The molecule has 0 fully saturated rings. The highest BCUT2D eigenvalue weighted by Gasteiger charge is 2.19. The summed E-state index contributed by atoms with van der Waals surface area (Å²) in [4.78, 5) is 29.5. The zero-order valence-corrected chi connectivity index (χ0v) is 16.8. The van der Waals surface area contributed by atoms with Gasteiger partial charge < -0.3 is 15.4 Å². The van der Waals surface area contributed by atoms with E-state index in [9.17, 15) is 9.59 Å². The molecule has 8 nitrogen and oxygen atoms in total. The summed E-state index contributed by atoms with van der Waals surface area (Å²) in [6, 6.07) is 11.5. The molecular weight excluding hydrogens is 370 g/mol. The number of amides is 2. The van der Waals surface area contributed by atoms with Crippen molar-refractivity contribution in [2.45, 2.75) is 19.9 Å². The molecule has 3 rings (SSSR count). The first-order valence-electron chi connectivity index (χ1n) is 9.48. The summed E-state index contributed by atoms with van der Waals surface area (Å²) in [6.07, 6.45) is 1.64. The van der Waals surface area contributed by atoms with Gasteiger partial charge in [0.05, 0.1) is 36.0 Å². The van der Waals surface area contributed by atoms with E-state index in [2.05, 4.69) is 15.7 Å². The number of rotatable bonds is 8. The van der Waals surface area contributed by atoms with E-state index in [-0.39, 0.29) is 24.4 Å². The average molecular weight is 395 g/mol. The Morgan fingerprint density at radius 3 is 2.62 bits per heavy atom. The maximum atomic E-state index is 12.9. The van der Waals surface area contributed by atoms with Crippen molar-refractivity contribution in [1.29, 1.82) is 0 Å². The second-order valence-electron chi connectivity index (χ2n) is 6.87.